The largest absolute Gasteiger partial charge is 0.421 e. The van der Waals surface area contributed by atoms with Crippen molar-refractivity contribution in [2.75, 3.05) is 0 Å². The molecule has 0 spiro atoms. The van der Waals surface area contributed by atoms with Gasteiger partial charge in [0, 0.05) is 0 Å². The zero-order valence-corrected chi connectivity index (χ0v) is 9.22. The maximum atomic E-state index is 13.0. The van der Waals surface area contributed by atoms with Crippen molar-refractivity contribution in [1.29, 1.82) is 0 Å². The number of alkyl halides is 2. The van der Waals surface area contributed by atoms with Crippen LogP contribution in [0, 0.1) is 0 Å². The van der Waals surface area contributed by atoms with Crippen LogP contribution in [0.25, 0.3) is 0 Å². The van der Waals surface area contributed by atoms with Crippen LogP contribution in [0.5, 0.6) is 0 Å². The molecule has 0 heterocycles. The predicted octanol–water partition coefficient (Wildman–Crippen LogP) is 0.817. The molecule has 92 valence electrons. The molecule has 0 rings (SSSR count). The quantitative estimate of drug-likeness (QED) is 0.451. The van der Waals surface area contributed by atoms with E-state index < -0.39 is 47.1 Å². The molecule has 18 heavy (non-hydrogen) atoms. The molecule has 0 saturated carbocycles. The lowest BCUT2D eigenvalue weighted by atomic mass is 8.83. The number of halogens is 8. The molecular weight excluding hydrogens is 263 g/mol. The first-order valence-electron chi connectivity index (χ1n) is 4.99. The molecule has 0 aliphatic carbocycles. The van der Waals surface area contributed by atoms with E-state index in [0.717, 1.165) is 7.17 Å². The van der Waals surface area contributed by atoms with E-state index in [1.165, 1.54) is 6.82 Å². The molecule has 0 unspecified atom stereocenters. The summed E-state index contributed by atoms with van der Waals surface area (Å²) in [5, 5.41) is 0. The first-order valence-corrected chi connectivity index (χ1v) is 4.99. The third-order valence-electron chi connectivity index (χ3n) is 2.14. The normalized spacial score (nSPS) is 9.89. The molecular formula is C2H4B8F8. The van der Waals surface area contributed by atoms with E-state index in [4.69, 9.17) is 0 Å². The van der Waals surface area contributed by atoms with E-state index >= 15 is 0 Å². The highest BCUT2D eigenvalue weighted by molar-refractivity contribution is 7.79. The SMILES string of the molecule is C[B][B]B(F)B(F)B(F)B(F)B(F)B(F)C(F)F. The van der Waals surface area contributed by atoms with Gasteiger partial charge in [0.25, 0.3) is 6.77 Å². The topological polar surface area (TPSA) is 0 Å². The third-order valence-corrected chi connectivity index (χ3v) is 2.14. The van der Waals surface area contributed by atoms with Crippen LogP contribution in [0.2, 0.25) is 6.82 Å². The van der Waals surface area contributed by atoms with Gasteiger partial charge in [-0.1, -0.05) is 0 Å². The first-order chi connectivity index (χ1) is 8.23. The van der Waals surface area contributed by atoms with Gasteiger partial charge in [0.15, 0.2) is 0 Å². The summed E-state index contributed by atoms with van der Waals surface area (Å²) < 4.78 is 100. The molecule has 0 amide bonds. The molecule has 0 aromatic carbocycles. The van der Waals surface area contributed by atoms with E-state index in [2.05, 4.69) is 0 Å². The summed E-state index contributed by atoms with van der Waals surface area (Å²) >= 11 is 0. The van der Waals surface area contributed by atoms with Crippen LogP contribution in [-0.4, -0.2) is 61.3 Å². The Labute approximate surface area is 104 Å². The molecule has 0 nitrogen and oxygen atoms in total. The van der Waals surface area contributed by atoms with Crippen LogP contribution in [0.1, 0.15) is 0 Å². The van der Waals surface area contributed by atoms with Gasteiger partial charge in [0.1, 0.15) is 0 Å². The highest BCUT2D eigenvalue weighted by Gasteiger charge is 2.59. The second-order valence-electron chi connectivity index (χ2n) is 3.53. The highest BCUT2D eigenvalue weighted by atomic mass is 19.3. The van der Waals surface area contributed by atoms with Crippen LogP contribution >= 0.6 is 0 Å². The summed E-state index contributed by atoms with van der Waals surface area (Å²) in [6, 6.07) is 0. The van der Waals surface area contributed by atoms with Gasteiger partial charge in [0.05, 0.1) is 14.2 Å². The molecule has 0 atom stereocenters. The van der Waals surface area contributed by atoms with Crippen LogP contribution in [0.3, 0.4) is 0 Å². The van der Waals surface area contributed by atoms with Gasteiger partial charge in [-0.2, -0.15) is 0 Å². The van der Waals surface area contributed by atoms with Gasteiger partial charge >= 0.3 is 34.0 Å². The molecule has 0 fully saturated rings. The average molecular weight is 267 g/mol. The van der Waals surface area contributed by atoms with Crippen molar-refractivity contribution in [3.63, 3.8) is 0 Å². The van der Waals surface area contributed by atoms with Crippen LogP contribution in [-0.2, 0) is 0 Å². The molecule has 0 aromatic rings. The Hall–Kier alpha value is -0.0405. The van der Waals surface area contributed by atoms with Gasteiger partial charge in [-0.25, -0.2) is 8.78 Å². The minimum Gasteiger partial charge on any atom is -0.356 e. The Bertz CT molecular complexity index is 231. The second-order valence-corrected chi connectivity index (χ2v) is 3.53. The number of hydrogen-bond acceptors (Lipinski definition) is 0. The summed E-state index contributed by atoms with van der Waals surface area (Å²) in [7, 11) is 1.54. The lowest BCUT2D eigenvalue weighted by molar-refractivity contribution is 0.226. The molecule has 0 aliphatic rings. The Morgan fingerprint density at radius 2 is 1.22 bits per heavy atom. The van der Waals surface area contributed by atoms with Crippen molar-refractivity contribution >= 4 is 55.0 Å². The number of rotatable bonds is 8. The zero-order valence-electron chi connectivity index (χ0n) is 9.22. The smallest absolute Gasteiger partial charge is 0.356 e. The first kappa shape index (κ1) is 18.0. The standard InChI is InChI=1S/C2H4B8F8/c1-3-4-6(14)8(16)10(18)9(17)7(15)5(13)2(11)12/h2H,1H3. The fraction of sp³-hybridized carbons (Fsp3) is 1.00. The van der Waals surface area contributed by atoms with Crippen molar-refractivity contribution in [3.05, 3.63) is 0 Å². The summed E-state index contributed by atoms with van der Waals surface area (Å²) in [6.45, 7) is -18.4. The van der Waals surface area contributed by atoms with Gasteiger partial charge in [-0.3, -0.25) is 0 Å². The van der Waals surface area contributed by atoms with Crippen LogP contribution in [0.15, 0.2) is 0 Å². The molecule has 0 bridgehead atoms. The Morgan fingerprint density at radius 3 is 1.61 bits per heavy atom. The van der Waals surface area contributed by atoms with Crippen LogP contribution in [0.4, 0.5) is 34.7 Å². The molecule has 0 N–H and O–H groups in total. The highest BCUT2D eigenvalue weighted by Crippen LogP contribution is 2.14. The van der Waals surface area contributed by atoms with Gasteiger partial charge in [0.2, 0.25) is 6.32 Å². The lowest BCUT2D eigenvalue weighted by Crippen LogP contribution is -2.60. The predicted molar refractivity (Wildman–Crippen MR) is 64.5 cm³/mol. The Morgan fingerprint density at radius 1 is 0.778 bits per heavy atom. The summed E-state index contributed by atoms with van der Waals surface area (Å²) in [5.41, 5.74) is 0. The van der Waals surface area contributed by atoms with Crippen molar-refractivity contribution in [3.8, 4) is 0 Å². The van der Waals surface area contributed by atoms with Crippen molar-refractivity contribution in [2.24, 2.45) is 0 Å². The average Bonchev–Trinajstić information content (AvgIpc) is 2.34. The Balaban J connectivity index is 4.52. The van der Waals surface area contributed by atoms with E-state index in [1.54, 1.807) is 0 Å². The zero-order chi connectivity index (χ0) is 14.5. The minimum absolute atomic E-state index is 0.539. The third kappa shape index (κ3) is 4.91. The van der Waals surface area contributed by atoms with Gasteiger partial charge in [-0.15, -0.1) is 6.82 Å². The van der Waals surface area contributed by atoms with Crippen molar-refractivity contribution < 1.29 is 34.7 Å². The van der Waals surface area contributed by atoms with E-state index in [0.29, 0.717) is 7.06 Å². The number of hydrogen-bond donors (Lipinski definition) is 0. The summed E-state index contributed by atoms with van der Waals surface area (Å²) in [5.74, 6) is 0. The second kappa shape index (κ2) is 8.19. The fourth-order valence-corrected chi connectivity index (χ4v) is 1.13. The van der Waals surface area contributed by atoms with E-state index in [9.17, 15) is 34.7 Å². The van der Waals surface area contributed by atoms with Crippen molar-refractivity contribution in [2.45, 2.75) is 13.1 Å². The van der Waals surface area contributed by atoms with E-state index in [-0.39, 0.29) is 0 Å². The van der Waals surface area contributed by atoms with Crippen LogP contribution < -0.4 is 0 Å². The maximum Gasteiger partial charge on any atom is 0.421 e. The van der Waals surface area contributed by atoms with Gasteiger partial charge in [-0.05, 0) is 0 Å². The van der Waals surface area contributed by atoms with Crippen molar-refractivity contribution in [1.82, 2.24) is 0 Å². The molecule has 2 radical (unpaired) electrons. The summed E-state index contributed by atoms with van der Waals surface area (Å²) in [4.78, 5) is 0. The molecule has 0 saturated heterocycles. The maximum absolute atomic E-state index is 13.0. The minimum atomic E-state index is -3.87. The molecule has 16 heteroatoms. The fourth-order valence-electron chi connectivity index (χ4n) is 1.13. The van der Waals surface area contributed by atoms with Gasteiger partial charge < -0.3 is 25.9 Å². The summed E-state index contributed by atoms with van der Waals surface area (Å²) in [6.07, 6.45) is -3.87. The lowest BCUT2D eigenvalue weighted by Gasteiger charge is -2.12. The molecule has 0 aliphatic heterocycles. The monoisotopic (exact) mass is 268 g/mol. The Kier molecular flexibility index (Phi) is 8.18. The molecule has 0 aromatic heterocycles. The van der Waals surface area contributed by atoms with E-state index in [1.807, 2.05) is 0 Å².